The first kappa shape index (κ1) is 16.0. The third-order valence-corrected chi connectivity index (χ3v) is 3.99. The number of hydrogen-bond donors (Lipinski definition) is 2. The van der Waals surface area contributed by atoms with Gasteiger partial charge in [-0.05, 0) is 54.6 Å². The van der Waals surface area contributed by atoms with Crippen LogP contribution in [-0.4, -0.2) is 47.3 Å². The number of hydrogen-bond acceptors (Lipinski definition) is 3. The molecule has 2 N–H and O–H groups in total. The van der Waals surface area contributed by atoms with Crippen molar-refractivity contribution >= 4 is 40.3 Å². The van der Waals surface area contributed by atoms with Crippen molar-refractivity contribution in [1.82, 2.24) is 4.90 Å². The summed E-state index contributed by atoms with van der Waals surface area (Å²) >= 11 is 2.04. The molecule has 1 aromatic carbocycles. The molecule has 0 spiro atoms. The van der Waals surface area contributed by atoms with Crippen molar-refractivity contribution in [3.05, 3.63) is 27.3 Å². The summed E-state index contributed by atoms with van der Waals surface area (Å²) < 4.78 is 6.28. The maximum Gasteiger partial charge on any atom is 0.337 e. The van der Waals surface area contributed by atoms with Crippen molar-refractivity contribution in [2.24, 2.45) is 0 Å². The number of amides is 2. The fraction of sp³-hybridized carbons (Fsp3) is 0.429. The minimum absolute atomic E-state index is 0.0254. The number of morpholine rings is 1. The zero-order valence-corrected chi connectivity index (χ0v) is 14.0. The van der Waals surface area contributed by atoms with Crippen molar-refractivity contribution in [3.63, 3.8) is 0 Å². The lowest BCUT2D eigenvalue weighted by atomic mass is 10.1. The van der Waals surface area contributed by atoms with Gasteiger partial charge in [0.05, 0.1) is 30.0 Å². The van der Waals surface area contributed by atoms with Gasteiger partial charge in [-0.15, -0.1) is 0 Å². The van der Waals surface area contributed by atoms with Gasteiger partial charge in [-0.1, -0.05) is 0 Å². The Morgan fingerprint density at radius 1 is 1.43 bits per heavy atom. The summed E-state index contributed by atoms with van der Waals surface area (Å²) in [4.78, 5) is 25.3. The van der Waals surface area contributed by atoms with Crippen LogP contribution in [0.5, 0.6) is 0 Å². The van der Waals surface area contributed by atoms with Crippen LogP contribution >= 0.6 is 22.6 Å². The molecule has 1 aliphatic heterocycles. The number of benzene rings is 1. The Hall–Kier alpha value is -1.35. The Morgan fingerprint density at radius 2 is 2.14 bits per heavy atom. The number of nitrogens with zero attached hydrogens (tertiary/aromatic N) is 1. The molecular weight excluding hydrogens is 387 g/mol. The molecule has 114 valence electrons. The van der Waals surface area contributed by atoms with E-state index in [-0.39, 0.29) is 23.7 Å². The number of urea groups is 1. The summed E-state index contributed by atoms with van der Waals surface area (Å²) in [5.41, 5.74) is 0.392. The lowest BCUT2D eigenvalue weighted by molar-refractivity contribution is -0.0296. The molecule has 2 rings (SSSR count). The van der Waals surface area contributed by atoms with E-state index in [1.807, 2.05) is 36.4 Å². The molecule has 0 bridgehead atoms. The Morgan fingerprint density at radius 3 is 2.81 bits per heavy atom. The van der Waals surface area contributed by atoms with Gasteiger partial charge < -0.3 is 20.1 Å². The van der Waals surface area contributed by atoms with Crippen LogP contribution in [0.3, 0.4) is 0 Å². The Balaban J connectivity index is 2.17. The van der Waals surface area contributed by atoms with E-state index in [0.717, 1.165) is 3.57 Å². The average molecular weight is 404 g/mol. The van der Waals surface area contributed by atoms with E-state index in [1.165, 1.54) is 6.07 Å². The average Bonchev–Trinajstić information content (AvgIpc) is 2.43. The highest BCUT2D eigenvalue weighted by molar-refractivity contribution is 14.1. The summed E-state index contributed by atoms with van der Waals surface area (Å²) in [6.07, 6.45) is -0.0254. The van der Waals surface area contributed by atoms with E-state index < -0.39 is 5.97 Å². The first-order valence-corrected chi connectivity index (χ1v) is 7.68. The van der Waals surface area contributed by atoms with Crippen LogP contribution in [0.2, 0.25) is 0 Å². The highest BCUT2D eigenvalue weighted by atomic mass is 127. The second-order valence-electron chi connectivity index (χ2n) is 5.07. The maximum atomic E-state index is 12.3. The molecule has 6 nitrogen and oxygen atoms in total. The zero-order valence-electron chi connectivity index (χ0n) is 11.8. The number of carbonyl (C=O) groups excluding carboxylic acids is 1. The van der Waals surface area contributed by atoms with Crippen LogP contribution in [0.15, 0.2) is 18.2 Å². The number of anilines is 1. The molecule has 1 aliphatic rings. The van der Waals surface area contributed by atoms with Gasteiger partial charge in [-0.2, -0.15) is 0 Å². The highest BCUT2D eigenvalue weighted by Crippen LogP contribution is 2.21. The van der Waals surface area contributed by atoms with Crippen molar-refractivity contribution in [2.75, 3.05) is 18.5 Å². The second-order valence-corrected chi connectivity index (χ2v) is 6.32. The molecule has 1 fully saturated rings. The summed E-state index contributed by atoms with van der Waals surface area (Å²) in [5.74, 6) is -1.06. The zero-order chi connectivity index (χ0) is 15.6. The lowest BCUT2D eigenvalue weighted by Crippen LogP contribution is -2.51. The monoisotopic (exact) mass is 404 g/mol. The number of ether oxygens (including phenoxy) is 1. The van der Waals surface area contributed by atoms with Gasteiger partial charge in [0.25, 0.3) is 0 Å². The van der Waals surface area contributed by atoms with Crippen LogP contribution in [0.4, 0.5) is 10.5 Å². The number of carboxylic acids is 1. The smallest absolute Gasteiger partial charge is 0.337 e. The van der Waals surface area contributed by atoms with E-state index in [0.29, 0.717) is 18.8 Å². The molecule has 0 aliphatic carbocycles. The van der Waals surface area contributed by atoms with E-state index in [9.17, 15) is 14.7 Å². The topological polar surface area (TPSA) is 78.9 Å². The van der Waals surface area contributed by atoms with E-state index >= 15 is 0 Å². The summed E-state index contributed by atoms with van der Waals surface area (Å²) in [7, 11) is 0. The minimum Gasteiger partial charge on any atom is -0.478 e. The predicted molar refractivity (Wildman–Crippen MR) is 86.7 cm³/mol. The molecule has 2 unspecified atom stereocenters. The normalized spacial score (nSPS) is 22.0. The summed E-state index contributed by atoms with van der Waals surface area (Å²) in [6, 6.07) is 4.55. The predicted octanol–water partition coefficient (Wildman–Crippen LogP) is 2.63. The fourth-order valence-electron chi connectivity index (χ4n) is 2.18. The first-order chi connectivity index (χ1) is 9.88. The van der Waals surface area contributed by atoms with Crippen LogP contribution < -0.4 is 5.32 Å². The molecule has 7 heteroatoms. The van der Waals surface area contributed by atoms with Crippen LogP contribution in [-0.2, 0) is 4.74 Å². The van der Waals surface area contributed by atoms with Gasteiger partial charge in [-0.3, -0.25) is 0 Å². The Labute approximate surface area is 136 Å². The van der Waals surface area contributed by atoms with Gasteiger partial charge in [0.1, 0.15) is 0 Å². The van der Waals surface area contributed by atoms with Gasteiger partial charge in [0.2, 0.25) is 0 Å². The Bertz CT molecular complexity index is 564. The fourth-order valence-corrected chi connectivity index (χ4v) is 2.67. The summed E-state index contributed by atoms with van der Waals surface area (Å²) in [5, 5.41) is 11.9. The third kappa shape index (κ3) is 3.85. The van der Waals surface area contributed by atoms with E-state index in [4.69, 9.17) is 4.74 Å². The maximum absolute atomic E-state index is 12.3. The van der Waals surface area contributed by atoms with Crippen molar-refractivity contribution in [1.29, 1.82) is 0 Å². The lowest BCUT2D eigenvalue weighted by Gasteiger charge is -2.36. The van der Waals surface area contributed by atoms with Gasteiger partial charge >= 0.3 is 12.0 Å². The number of nitrogens with one attached hydrogen (secondary N) is 1. The number of rotatable bonds is 2. The van der Waals surface area contributed by atoms with Gasteiger partial charge in [0, 0.05) is 10.1 Å². The SMILES string of the molecule is CC1CN(C(=O)Nc2ccc(I)cc2C(=O)O)C(C)CO1. The molecule has 1 aromatic rings. The molecular formula is C14H17IN2O4. The van der Waals surface area contributed by atoms with Crippen molar-refractivity contribution in [2.45, 2.75) is 26.0 Å². The van der Waals surface area contributed by atoms with Crippen LogP contribution in [0, 0.1) is 3.57 Å². The molecule has 2 amide bonds. The van der Waals surface area contributed by atoms with Gasteiger partial charge in [0.15, 0.2) is 0 Å². The number of carbonyl (C=O) groups is 2. The standard InChI is InChI=1S/C14H17IN2O4/c1-8-7-21-9(2)6-17(8)14(20)16-12-4-3-10(15)5-11(12)13(18)19/h3-5,8-9H,6-7H2,1-2H3,(H,16,20)(H,18,19). The molecule has 0 aromatic heterocycles. The van der Waals surface area contributed by atoms with Crippen molar-refractivity contribution in [3.8, 4) is 0 Å². The number of halogens is 1. The Kier molecular flexibility index (Phi) is 5.04. The minimum atomic E-state index is -1.06. The van der Waals surface area contributed by atoms with Crippen molar-refractivity contribution < 1.29 is 19.4 Å². The first-order valence-electron chi connectivity index (χ1n) is 6.60. The molecule has 1 saturated heterocycles. The molecule has 1 heterocycles. The molecule has 21 heavy (non-hydrogen) atoms. The molecule has 0 radical (unpaired) electrons. The number of aromatic carboxylic acids is 1. The molecule has 2 atom stereocenters. The van der Waals surface area contributed by atoms with Crippen LogP contribution in [0.25, 0.3) is 0 Å². The van der Waals surface area contributed by atoms with Gasteiger partial charge in [-0.25, -0.2) is 9.59 Å². The molecule has 0 saturated carbocycles. The van der Waals surface area contributed by atoms with Crippen LogP contribution in [0.1, 0.15) is 24.2 Å². The second kappa shape index (κ2) is 6.61. The third-order valence-electron chi connectivity index (χ3n) is 3.32. The van der Waals surface area contributed by atoms with E-state index in [2.05, 4.69) is 5.32 Å². The quantitative estimate of drug-likeness (QED) is 0.743. The highest BCUT2D eigenvalue weighted by Gasteiger charge is 2.28. The summed E-state index contributed by atoms with van der Waals surface area (Å²) in [6.45, 7) is 4.77. The van der Waals surface area contributed by atoms with E-state index in [1.54, 1.807) is 17.0 Å². The largest absolute Gasteiger partial charge is 0.478 e. The number of carboxylic acid groups (broad SMARTS) is 1.